The van der Waals surface area contributed by atoms with Gasteiger partial charge in [0.1, 0.15) is 5.69 Å². The van der Waals surface area contributed by atoms with Gasteiger partial charge in [0.2, 0.25) is 0 Å². The molecule has 1 amide bonds. The zero-order valence-corrected chi connectivity index (χ0v) is 12.1. The van der Waals surface area contributed by atoms with E-state index in [0.29, 0.717) is 25.0 Å². The fraction of sp³-hybridized carbons (Fsp3) is 0.571. The van der Waals surface area contributed by atoms with Gasteiger partial charge in [-0.3, -0.25) is 9.78 Å². The Bertz CT molecular complexity index is 486. The van der Waals surface area contributed by atoms with Gasteiger partial charge >= 0.3 is 6.18 Å². The second-order valence-corrected chi connectivity index (χ2v) is 5.43. The van der Waals surface area contributed by atoms with Gasteiger partial charge in [0.25, 0.3) is 5.91 Å². The SMILES string of the molecule is O=C(c1ccc(C(F)(F)F)cn1)N(CCCCl)C1CCC1. The van der Waals surface area contributed by atoms with E-state index in [0.717, 1.165) is 31.4 Å². The monoisotopic (exact) mass is 320 g/mol. The van der Waals surface area contributed by atoms with Crippen LogP contribution in [0.1, 0.15) is 41.7 Å². The molecule has 0 bridgehead atoms. The lowest BCUT2D eigenvalue weighted by atomic mass is 9.91. The Morgan fingerprint density at radius 1 is 1.38 bits per heavy atom. The molecular formula is C14H16ClF3N2O. The number of carbonyl (C=O) groups excluding carboxylic acids is 1. The van der Waals surface area contributed by atoms with E-state index in [4.69, 9.17) is 11.6 Å². The number of nitrogens with zero attached hydrogens (tertiary/aromatic N) is 2. The molecule has 0 aliphatic heterocycles. The molecule has 1 aliphatic rings. The summed E-state index contributed by atoms with van der Waals surface area (Å²) in [6, 6.07) is 2.18. The molecule has 1 aliphatic carbocycles. The van der Waals surface area contributed by atoms with E-state index < -0.39 is 11.7 Å². The summed E-state index contributed by atoms with van der Waals surface area (Å²) in [5.74, 6) is 0.121. The van der Waals surface area contributed by atoms with Crippen molar-refractivity contribution < 1.29 is 18.0 Å². The van der Waals surface area contributed by atoms with E-state index in [1.165, 1.54) is 0 Å². The zero-order valence-electron chi connectivity index (χ0n) is 11.4. The summed E-state index contributed by atoms with van der Waals surface area (Å²) in [6.07, 6.45) is -0.169. The second kappa shape index (κ2) is 6.64. The molecule has 1 fully saturated rings. The molecule has 0 saturated heterocycles. The molecule has 7 heteroatoms. The zero-order chi connectivity index (χ0) is 15.5. The highest BCUT2D eigenvalue weighted by Crippen LogP contribution is 2.29. The number of halogens is 4. The van der Waals surface area contributed by atoms with Crippen LogP contribution < -0.4 is 0 Å². The van der Waals surface area contributed by atoms with Gasteiger partial charge in [0.05, 0.1) is 5.56 Å². The van der Waals surface area contributed by atoms with Crippen LogP contribution >= 0.6 is 11.6 Å². The van der Waals surface area contributed by atoms with Crippen LogP contribution in [0.2, 0.25) is 0 Å². The summed E-state index contributed by atoms with van der Waals surface area (Å²) in [4.78, 5) is 17.7. The average molecular weight is 321 g/mol. The number of aromatic nitrogens is 1. The lowest BCUT2D eigenvalue weighted by Gasteiger charge is -2.37. The lowest BCUT2D eigenvalue weighted by Crippen LogP contribution is -2.45. The molecule has 1 aromatic heterocycles. The summed E-state index contributed by atoms with van der Waals surface area (Å²) < 4.78 is 37.5. The highest BCUT2D eigenvalue weighted by Gasteiger charge is 2.32. The number of rotatable bonds is 5. The molecular weight excluding hydrogens is 305 g/mol. The van der Waals surface area contributed by atoms with Crippen molar-refractivity contribution in [2.75, 3.05) is 12.4 Å². The Morgan fingerprint density at radius 2 is 2.10 bits per heavy atom. The summed E-state index contributed by atoms with van der Waals surface area (Å²) in [7, 11) is 0. The molecule has 0 radical (unpaired) electrons. The van der Waals surface area contributed by atoms with Gasteiger partial charge in [0.15, 0.2) is 0 Å². The van der Waals surface area contributed by atoms with E-state index in [1.807, 2.05) is 0 Å². The smallest absolute Gasteiger partial charge is 0.334 e. The number of alkyl halides is 4. The Hall–Kier alpha value is -1.30. The first-order chi connectivity index (χ1) is 9.93. The Labute approximate surface area is 126 Å². The van der Waals surface area contributed by atoms with Gasteiger partial charge in [0, 0.05) is 24.7 Å². The van der Waals surface area contributed by atoms with E-state index >= 15 is 0 Å². The van der Waals surface area contributed by atoms with E-state index in [2.05, 4.69) is 4.98 Å². The molecule has 2 rings (SSSR count). The van der Waals surface area contributed by atoms with Crippen LogP contribution in [0, 0.1) is 0 Å². The number of hydrogen-bond acceptors (Lipinski definition) is 2. The van der Waals surface area contributed by atoms with Gasteiger partial charge < -0.3 is 4.90 Å². The van der Waals surface area contributed by atoms with Crippen molar-refractivity contribution in [2.45, 2.75) is 37.9 Å². The molecule has 0 aromatic carbocycles. The number of pyridine rings is 1. The predicted molar refractivity (Wildman–Crippen MR) is 73.3 cm³/mol. The fourth-order valence-corrected chi connectivity index (χ4v) is 2.33. The summed E-state index contributed by atoms with van der Waals surface area (Å²) in [5, 5.41) is 0. The van der Waals surface area contributed by atoms with Crippen molar-refractivity contribution in [1.29, 1.82) is 0 Å². The topological polar surface area (TPSA) is 33.2 Å². The van der Waals surface area contributed by atoms with Gasteiger partial charge in [-0.15, -0.1) is 11.6 Å². The number of hydrogen-bond donors (Lipinski definition) is 0. The van der Waals surface area contributed by atoms with Crippen molar-refractivity contribution in [1.82, 2.24) is 9.88 Å². The Morgan fingerprint density at radius 3 is 2.52 bits per heavy atom. The maximum atomic E-state index is 12.5. The fourth-order valence-electron chi connectivity index (χ4n) is 2.21. The van der Waals surface area contributed by atoms with Crippen molar-refractivity contribution >= 4 is 17.5 Å². The maximum Gasteiger partial charge on any atom is 0.417 e. The molecule has 3 nitrogen and oxygen atoms in total. The lowest BCUT2D eigenvalue weighted by molar-refractivity contribution is -0.137. The molecule has 21 heavy (non-hydrogen) atoms. The third-order valence-corrected chi connectivity index (χ3v) is 3.89. The van der Waals surface area contributed by atoms with Crippen LogP contribution in [0.15, 0.2) is 18.3 Å². The number of amides is 1. The first-order valence-corrected chi connectivity index (χ1v) is 7.37. The summed E-state index contributed by atoms with van der Waals surface area (Å²) in [5.41, 5.74) is -0.806. The standard InChI is InChI=1S/C14H16ClF3N2O/c15-7-2-8-20(11-3-1-4-11)13(21)12-6-5-10(9-19-12)14(16,17)18/h5-6,9,11H,1-4,7-8H2. The van der Waals surface area contributed by atoms with Crippen molar-refractivity contribution in [3.05, 3.63) is 29.6 Å². The third kappa shape index (κ3) is 3.87. The molecule has 0 atom stereocenters. The minimum atomic E-state index is -4.44. The molecule has 116 valence electrons. The van der Waals surface area contributed by atoms with Crippen LogP contribution in [-0.2, 0) is 6.18 Å². The van der Waals surface area contributed by atoms with Crippen LogP contribution in [0.5, 0.6) is 0 Å². The van der Waals surface area contributed by atoms with Crippen LogP contribution in [0.4, 0.5) is 13.2 Å². The van der Waals surface area contributed by atoms with Crippen LogP contribution in [0.3, 0.4) is 0 Å². The van der Waals surface area contributed by atoms with Gasteiger partial charge in [-0.25, -0.2) is 0 Å². The first-order valence-electron chi connectivity index (χ1n) is 6.83. The minimum absolute atomic E-state index is 0.0458. The predicted octanol–water partition coefficient (Wildman–Crippen LogP) is 3.72. The molecule has 1 saturated carbocycles. The number of carbonyl (C=O) groups is 1. The highest BCUT2D eigenvalue weighted by atomic mass is 35.5. The van der Waals surface area contributed by atoms with Gasteiger partial charge in [-0.2, -0.15) is 13.2 Å². The normalized spacial score (nSPS) is 15.6. The average Bonchev–Trinajstić information content (AvgIpc) is 2.39. The van der Waals surface area contributed by atoms with E-state index in [9.17, 15) is 18.0 Å². The minimum Gasteiger partial charge on any atom is -0.334 e. The highest BCUT2D eigenvalue weighted by molar-refractivity contribution is 6.17. The second-order valence-electron chi connectivity index (χ2n) is 5.06. The summed E-state index contributed by atoms with van der Waals surface area (Å²) >= 11 is 5.65. The molecule has 1 aromatic rings. The van der Waals surface area contributed by atoms with Crippen molar-refractivity contribution in [2.24, 2.45) is 0 Å². The van der Waals surface area contributed by atoms with Crippen molar-refractivity contribution in [3.8, 4) is 0 Å². The van der Waals surface area contributed by atoms with Gasteiger partial charge in [-0.05, 0) is 37.8 Å². The van der Waals surface area contributed by atoms with Crippen LogP contribution in [-0.4, -0.2) is 34.3 Å². The third-order valence-electron chi connectivity index (χ3n) is 3.62. The van der Waals surface area contributed by atoms with E-state index in [1.54, 1.807) is 4.90 Å². The maximum absolute atomic E-state index is 12.5. The Kier molecular flexibility index (Phi) is 5.08. The molecule has 0 spiro atoms. The molecule has 0 unspecified atom stereocenters. The van der Waals surface area contributed by atoms with Crippen molar-refractivity contribution in [3.63, 3.8) is 0 Å². The van der Waals surface area contributed by atoms with Gasteiger partial charge in [-0.1, -0.05) is 0 Å². The molecule has 1 heterocycles. The largest absolute Gasteiger partial charge is 0.417 e. The Balaban J connectivity index is 2.12. The summed E-state index contributed by atoms with van der Waals surface area (Å²) in [6.45, 7) is 0.510. The first kappa shape index (κ1) is 16.1. The van der Waals surface area contributed by atoms with E-state index in [-0.39, 0.29) is 17.6 Å². The quantitative estimate of drug-likeness (QED) is 0.775. The van der Waals surface area contributed by atoms with Crippen LogP contribution in [0.25, 0.3) is 0 Å². The molecule has 0 N–H and O–H groups in total.